The molecule has 0 spiro atoms. The molecule has 0 saturated heterocycles. The maximum absolute atomic E-state index is 13.6. The Bertz CT molecular complexity index is 1310. The van der Waals surface area contributed by atoms with Crippen molar-refractivity contribution in [3.63, 3.8) is 0 Å². The molecular formula is C38H48O6. The van der Waals surface area contributed by atoms with E-state index in [1.54, 1.807) is 0 Å². The summed E-state index contributed by atoms with van der Waals surface area (Å²) in [4.78, 5) is 52.8. The maximum atomic E-state index is 13.6. The van der Waals surface area contributed by atoms with Crippen LogP contribution in [0, 0.1) is 92.7 Å². The molecule has 6 nitrogen and oxygen atoms in total. The lowest BCUT2D eigenvalue weighted by atomic mass is 9.51. The third-order valence-corrected chi connectivity index (χ3v) is 15.0. The molecule has 236 valence electrons. The fourth-order valence-electron chi connectivity index (χ4n) is 13.9. The van der Waals surface area contributed by atoms with Crippen molar-refractivity contribution in [3.05, 3.63) is 36.5 Å². The number of fused-ring (bicyclic) bond motifs is 18. The van der Waals surface area contributed by atoms with Crippen LogP contribution < -0.4 is 0 Å². The van der Waals surface area contributed by atoms with Crippen LogP contribution in [0.3, 0.4) is 0 Å². The van der Waals surface area contributed by atoms with Gasteiger partial charge < -0.3 is 9.47 Å². The second-order valence-corrected chi connectivity index (χ2v) is 18.0. The zero-order chi connectivity index (χ0) is 31.1. The van der Waals surface area contributed by atoms with Crippen LogP contribution in [-0.2, 0) is 28.7 Å². The van der Waals surface area contributed by atoms with Gasteiger partial charge in [-0.05, 0) is 119 Å². The quantitative estimate of drug-likeness (QED) is 0.117. The van der Waals surface area contributed by atoms with Gasteiger partial charge in [0.2, 0.25) is 0 Å². The maximum Gasteiger partial charge on any atom is 0.338 e. The van der Waals surface area contributed by atoms with E-state index in [0.29, 0.717) is 59.2 Å². The number of hydrogen-bond donors (Lipinski definition) is 0. The monoisotopic (exact) mass is 600 g/mol. The molecule has 8 bridgehead atoms. The minimum atomic E-state index is -0.877. The van der Waals surface area contributed by atoms with Crippen molar-refractivity contribution < 1.29 is 28.7 Å². The summed E-state index contributed by atoms with van der Waals surface area (Å²) in [6.07, 6.45) is 17.3. The molecule has 0 radical (unpaired) electrons. The summed E-state index contributed by atoms with van der Waals surface area (Å²) in [6.45, 7) is 13.4. The van der Waals surface area contributed by atoms with Crippen LogP contribution in [0.25, 0.3) is 0 Å². The zero-order valence-corrected chi connectivity index (χ0v) is 27.1. The Kier molecular flexibility index (Phi) is 5.96. The van der Waals surface area contributed by atoms with Crippen LogP contribution in [0.2, 0.25) is 0 Å². The van der Waals surface area contributed by atoms with Crippen molar-refractivity contribution in [2.75, 3.05) is 0 Å². The molecule has 6 saturated carbocycles. The van der Waals surface area contributed by atoms with Crippen molar-refractivity contribution >= 4 is 23.9 Å². The van der Waals surface area contributed by atoms with E-state index in [0.717, 1.165) is 37.8 Å². The normalized spacial score (nSPS) is 48.4. The van der Waals surface area contributed by atoms with E-state index in [4.69, 9.17) is 9.47 Å². The third-order valence-electron chi connectivity index (χ3n) is 15.0. The zero-order valence-electron chi connectivity index (χ0n) is 27.1. The molecule has 14 atom stereocenters. The van der Waals surface area contributed by atoms with Gasteiger partial charge in [-0.15, -0.1) is 0 Å². The SMILES string of the molecule is CC(C)(C)C12CC(CC1C(=O)OC(=O)/C=C\C(=O)OC(=O)C1CC3CC1(C(C)(C)C)C1C4C=CC(C4)C31)C1C3C=CC(C3)C12. The van der Waals surface area contributed by atoms with Gasteiger partial charge in [-0.1, -0.05) is 65.8 Å². The highest BCUT2D eigenvalue weighted by Crippen LogP contribution is 2.78. The van der Waals surface area contributed by atoms with E-state index in [1.807, 2.05) is 0 Å². The summed E-state index contributed by atoms with van der Waals surface area (Å²) in [5.41, 5.74) is -0.609. The minimum Gasteiger partial charge on any atom is -0.390 e. The van der Waals surface area contributed by atoms with Gasteiger partial charge in [0, 0.05) is 12.2 Å². The summed E-state index contributed by atoms with van der Waals surface area (Å²) >= 11 is 0. The van der Waals surface area contributed by atoms with Crippen LogP contribution in [-0.4, -0.2) is 23.9 Å². The van der Waals surface area contributed by atoms with Crippen LogP contribution in [0.5, 0.6) is 0 Å². The minimum absolute atomic E-state index is 0.106. The predicted octanol–water partition coefficient (Wildman–Crippen LogP) is 6.70. The molecule has 8 aliphatic carbocycles. The molecule has 6 heteroatoms. The molecule has 8 rings (SSSR count). The Morgan fingerprint density at radius 3 is 1.32 bits per heavy atom. The number of hydrogen-bond acceptors (Lipinski definition) is 6. The third kappa shape index (κ3) is 3.55. The average molecular weight is 601 g/mol. The van der Waals surface area contributed by atoms with Crippen LogP contribution >= 0.6 is 0 Å². The molecule has 6 fully saturated rings. The number of esters is 4. The smallest absolute Gasteiger partial charge is 0.338 e. The Balaban J connectivity index is 0.928. The first kappa shape index (κ1) is 28.9. The molecule has 0 amide bonds. The molecule has 0 aromatic carbocycles. The van der Waals surface area contributed by atoms with Gasteiger partial charge in [-0.2, -0.15) is 0 Å². The highest BCUT2D eigenvalue weighted by Gasteiger charge is 2.74. The Morgan fingerprint density at radius 2 is 0.955 bits per heavy atom. The first-order chi connectivity index (χ1) is 20.7. The highest BCUT2D eigenvalue weighted by atomic mass is 16.6. The number of carbonyl (C=O) groups excluding carboxylic acids is 4. The van der Waals surface area contributed by atoms with Gasteiger partial charge in [0.25, 0.3) is 0 Å². The van der Waals surface area contributed by atoms with E-state index < -0.39 is 23.9 Å². The first-order valence-corrected chi connectivity index (χ1v) is 17.2. The number of allylic oxidation sites excluding steroid dienone is 4. The van der Waals surface area contributed by atoms with Crippen molar-refractivity contribution in [3.8, 4) is 0 Å². The molecule has 44 heavy (non-hydrogen) atoms. The highest BCUT2D eigenvalue weighted by molar-refractivity contribution is 6.00. The van der Waals surface area contributed by atoms with E-state index >= 15 is 0 Å². The van der Waals surface area contributed by atoms with Gasteiger partial charge in [0.15, 0.2) is 0 Å². The largest absolute Gasteiger partial charge is 0.390 e. The van der Waals surface area contributed by atoms with E-state index in [2.05, 4.69) is 65.8 Å². The lowest BCUT2D eigenvalue weighted by Gasteiger charge is -2.52. The van der Waals surface area contributed by atoms with Gasteiger partial charge in [-0.25, -0.2) is 9.59 Å². The predicted molar refractivity (Wildman–Crippen MR) is 163 cm³/mol. The summed E-state index contributed by atoms with van der Waals surface area (Å²) in [6, 6.07) is 0. The first-order valence-electron chi connectivity index (χ1n) is 17.2. The van der Waals surface area contributed by atoms with Gasteiger partial charge in [-0.3, -0.25) is 9.59 Å². The fourth-order valence-corrected chi connectivity index (χ4v) is 13.9. The summed E-state index contributed by atoms with van der Waals surface area (Å²) < 4.78 is 10.8. The van der Waals surface area contributed by atoms with Crippen molar-refractivity contribution in [1.82, 2.24) is 0 Å². The lowest BCUT2D eigenvalue weighted by molar-refractivity contribution is -0.171. The Labute approximate surface area is 261 Å². The van der Waals surface area contributed by atoms with Gasteiger partial charge >= 0.3 is 23.9 Å². The summed E-state index contributed by atoms with van der Waals surface area (Å²) in [5, 5.41) is 0. The summed E-state index contributed by atoms with van der Waals surface area (Å²) in [5.74, 6) is 2.03. The van der Waals surface area contributed by atoms with Crippen LogP contribution in [0.1, 0.15) is 80.1 Å². The molecule has 8 aliphatic rings. The second kappa shape index (κ2) is 9.06. The molecule has 0 aliphatic heterocycles. The lowest BCUT2D eigenvalue weighted by Crippen LogP contribution is -2.51. The van der Waals surface area contributed by atoms with E-state index in [1.165, 1.54) is 12.8 Å². The molecule has 0 N–H and O–H groups in total. The second-order valence-electron chi connectivity index (χ2n) is 18.0. The number of carbonyl (C=O) groups is 4. The Hall–Kier alpha value is -2.50. The average Bonchev–Trinajstić information content (AvgIpc) is 3.79. The fraction of sp³-hybridized carbons (Fsp3) is 0.737. The molecule has 0 aromatic heterocycles. The molecule has 0 heterocycles. The number of ether oxygens (including phenoxy) is 2. The molecule has 0 aromatic rings. The van der Waals surface area contributed by atoms with Gasteiger partial charge in [0.1, 0.15) is 0 Å². The van der Waals surface area contributed by atoms with E-state index in [-0.39, 0.29) is 33.5 Å². The molecule has 14 unspecified atom stereocenters. The van der Waals surface area contributed by atoms with Gasteiger partial charge in [0.05, 0.1) is 11.8 Å². The topological polar surface area (TPSA) is 86.7 Å². The van der Waals surface area contributed by atoms with Crippen molar-refractivity contribution in [2.45, 2.75) is 80.1 Å². The van der Waals surface area contributed by atoms with Crippen molar-refractivity contribution in [2.24, 2.45) is 92.7 Å². The molecular weight excluding hydrogens is 552 g/mol. The Morgan fingerprint density at radius 1 is 0.591 bits per heavy atom. The standard InChI is InChI=1S/C38H48O6/c1-35(2,3)37-17-23(29-19-7-9-21(13-19)31(29)37)15-25(37)33(41)43-27(39)11-12-28(40)44-34(42)26-16-24-18-38(26,36(4,5)6)32-22-10-8-20(14-22)30(24)32/h7-12,19-26,29-32H,13-18H2,1-6H3/b12-11-. The van der Waals surface area contributed by atoms with Crippen molar-refractivity contribution in [1.29, 1.82) is 0 Å². The van der Waals surface area contributed by atoms with E-state index in [9.17, 15) is 19.2 Å². The summed E-state index contributed by atoms with van der Waals surface area (Å²) in [7, 11) is 0. The van der Waals surface area contributed by atoms with Crippen LogP contribution in [0.4, 0.5) is 0 Å². The van der Waals surface area contributed by atoms with Crippen LogP contribution in [0.15, 0.2) is 36.5 Å². The number of rotatable bonds is 4.